The summed E-state index contributed by atoms with van der Waals surface area (Å²) in [6.07, 6.45) is 3.47. The van der Waals surface area contributed by atoms with E-state index in [2.05, 4.69) is 16.0 Å². The van der Waals surface area contributed by atoms with Gasteiger partial charge >= 0.3 is 0 Å². The summed E-state index contributed by atoms with van der Waals surface area (Å²) in [5.74, 6) is 1.17. The second-order valence-corrected chi connectivity index (χ2v) is 4.30. The molecule has 4 heteroatoms. The minimum atomic E-state index is 0.514. The maximum Gasteiger partial charge on any atom is 0.146 e. The molecule has 19 heavy (non-hydrogen) atoms. The van der Waals surface area contributed by atoms with E-state index in [0.29, 0.717) is 17.1 Å². The van der Waals surface area contributed by atoms with Gasteiger partial charge < -0.3 is 9.72 Å². The monoisotopic (exact) mass is 249 g/mol. The van der Waals surface area contributed by atoms with Crippen LogP contribution in [0.4, 0.5) is 0 Å². The summed E-state index contributed by atoms with van der Waals surface area (Å²) in [6.45, 7) is 1.96. The standard InChI is InChI=1S/C15H11N3O/c1-10-2-3-12(8-16)14(6-10)19-13-7-11-4-5-17-15(11)18-9-13/h2-7,9H,1H3,(H,17,18). The van der Waals surface area contributed by atoms with Gasteiger partial charge in [-0.25, -0.2) is 4.98 Å². The molecule has 92 valence electrons. The Balaban J connectivity index is 2.00. The van der Waals surface area contributed by atoms with Crippen molar-refractivity contribution < 1.29 is 4.74 Å². The third-order valence-electron chi connectivity index (χ3n) is 2.86. The van der Waals surface area contributed by atoms with Crippen molar-refractivity contribution in [2.45, 2.75) is 6.92 Å². The highest BCUT2D eigenvalue weighted by molar-refractivity contribution is 5.76. The molecule has 0 bridgehead atoms. The summed E-state index contributed by atoms with van der Waals surface area (Å²) in [6, 6.07) is 11.4. The number of nitrogens with one attached hydrogen (secondary N) is 1. The molecule has 0 amide bonds. The Bertz CT molecular complexity index is 783. The Kier molecular flexibility index (Phi) is 2.66. The highest BCUT2D eigenvalue weighted by Gasteiger charge is 2.06. The summed E-state index contributed by atoms with van der Waals surface area (Å²) in [4.78, 5) is 7.28. The van der Waals surface area contributed by atoms with E-state index in [4.69, 9.17) is 10.00 Å². The molecule has 0 spiro atoms. The van der Waals surface area contributed by atoms with Crippen molar-refractivity contribution in [3.63, 3.8) is 0 Å². The van der Waals surface area contributed by atoms with Crippen molar-refractivity contribution in [1.82, 2.24) is 9.97 Å². The van der Waals surface area contributed by atoms with Crippen molar-refractivity contribution in [2.75, 3.05) is 0 Å². The molecule has 3 rings (SSSR count). The van der Waals surface area contributed by atoms with Gasteiger partial charge in [0.05, 0.1) is 11.8 Å². The first-order chi connectivity index (χ1) is 9.26. The van der Waals surface area contributed by atoms with Crippen LogP contribution in [0.3, 0.4) is 0 Å². The fourth-order valence-electron chi connectivity index (χ4n) is 1.91. The number of nitriles is 1. The lowest BCUT2D eigenvalue weighted by atomic mass is 10.1. The van der Waals surface area contributed by atoms with Crippen LogP contribution in [0.1, 0.15) is 11.1 Å². The lowest BCUT2D eigenvalue weighted by Gasteiger charge is -2.07. The van der Waals surface area contributed by atoms with Crippen LogP contribution in [0.2, 0.25) is 0 Å². The molecule has 1 N–H and O–H groups in total. The van der Waals surface area contributed by atoms with Gasteiger partial charge in [0.2, 0.25) is 0 Å². The Morgan fingerprint density at radius 2 is 2.16 bits per heavy atom. The van der Waals surface area contributed by atoms with E-state index in [9.17, 15) is 0 Å². The van der Waals surface area contributed by atoms with Crippen molar-refractivity contribution in [1.29, 1.82) is 5.26 Å². The van der Waals surface area contributed by atoms with Gasteiger partial charge in [-0.2, -0.15) is 5.26 Å². The second-order valence-electron chi connectivity index (χ2n) is 4.30. The minimum absolute atomic E-state index is 0.514. The Morgan fingerprint density at radius 3 is 3.00 bits per heavy atom. The topological polar surface area (TPSA) is 61.7 Å². The number of aryl methyl sites for hydroxylation is 1. The first kappa shape index (κ1) is 11.3. The molecule has 0 aliphatic heterocycles. The molecule has 2 aromatic heterocycles. The summed E-state index contributed by atoms with van der Waals surface area (Å²) < 4.78 is 5.76. The fraction of sp³-hybridized carbons (Fsp3) is 0.0667. The minimum Gasteiger partial charge on any atom is -0.454 e. The lowest BCUT2D eigenvalue weighted by Crippen LogP contribution is -1.90. The van der Waals surface area contributed by atoms with Crippen LogP contribution in [0.5, 0.6) is 11.5 Å². The van der Waals surface area contributed by atoms with Crippen molar-refractivity contribution >= 4 is 11.0 Å². The number of aromatic nitrogens is 2. The van der Waals surface area contributed by atoms with E-state index in [-0.39, 0.29) is 0 Å². The van der Waals surface area contributed by atoms with E-state index >= 15 is 0 Å². The first-order valence-corrected chi connectivity index (χ1v) is 5.88. The van der Waals surface area contributed by atoms with Gasteiger partial charge in [-0.1, -0.05) is 6.07 Å². The average Bonchev–Trinajstić information content (AvgIpc) is 2.86. The van der Waals surface area contributed by atoms with E-state index in [1.807, 2.05) is 37.4 Å². The summed E-state index contributed by atoms with van der Waals surface area (Å²) in [5.41, 5.74) is 2.38. The lowest BCUT2D eigenvalue weighted by molar-refractivity contribution is 0.479. The summed E-state index contributed by atoms with van der Waals surface area (Å²) >= 11 is 0. The van der Waals surface area contributed by atoms with E-state index < -0.39 is 0 Å². The van der Waals surface area contributed by atoms with Crippen LogP contribution in [0.15, 0.2) is 42.7 Å². The maximum atomic E-state index is 9.08. The van der Waals surface area contributed by atoms with E-state index in [1.165, 1.54) is 0 Å². The van der Waals surface area contributed by atoms with Crippen LogP contribution >= 0.6 is 0 Å². The predicted molar refractivity (Wildman–Crippen MR) is 72.1 cm³/mol. The number of aromatic amines is 1. The van der Waals surface area contributed by atoms with Crippen LogP contribution in [-0.2, 0) is 0 Å². The normalized spacial score (nSPS) is 10.3. The summed E-state index contributed by atoms with van der Waals surface area (Å²) in [7, 11) is 0. The predicted octanol–water partition coefficient (Wildman–Crippen LogP) is 3.54. The Hall–Kier alpha value is -2.80. The molecule has 3 aromatic rings. The zero-order valence-corrected chi connectivity index (χ0v) is 10.3. The molecule has 4 nitrogen and oxygen atoms in total. The van der Waals surface area contributed by atoms with Crippen molar-refractivity contribution in [3.05, 3.63) is 53.9 Å². The molecule has 0 saturated carbocycles. The number of ether oxygens (including phenoxy) is 1. The Morgan fingerprint density at radius 1 is 1.26 bits per heavy atom. The van der Waals surface area contributed by atoms with E-state index in [0.717, 1.165) is 16.6 Å². The van der Waals surface area contributed by atoms with Crippen LogP contribution in [-0.4, -0.2) is 9.97 Å². The second kappa shape index (κ2) is 4.46. The Labute approximate surface area is 110 Å². The number of fused-ring (bicyclic) bond motifs is 1. The number of hydrogen-bond acceptors (Lipinski definition) is 3. The first-order valence-electron chi connectivity index (χ1n) is 5.88. The number of benzene rings is 1. The van der Waals surface area contributed by atoms with Gasteiger partial charge in [-0.05, 0) is 36.8 Å². The van der Waals surface area contributed by atoms with Gasteiger partial charge in [0, 0.05) is 11.6 Å². The molecule has 0 atom stereocenters. The maximum absolute atomic E-state index is 9.08. The number of rotatable bonds is 2. The smallest absolute Gasteiger partial charge is 0.146 e. The SMILES string of the molecule is Cc1ccc(C#N)c(Oc2cnc3[nH]ccc3c2)c1. The molecule has 0 aliphatic rings. The average molecular weight is 249 g/mol. The molecule has 0 aliphatic carbocycles. The molecule has 2 heterocycles. The molecule has 0 radical (unpaired) electrons. The molecular formula is C15H11N3O. The third kappa shape index (κ3) is 2.14. The zero-order chi connectivity index (χ0) is 13.2. The van der Waals surface area contributed by atoms with Gasteiger partial charge in [-0.15, -0.1) is 0 Å². The molecule has 1 aromatic carbocycles. The fourth-order valence-corrected chi connectivity index (χ4v) is 1.91. The highest BCUT2D eigenvalue weighted by Crippen LogP contribution is 2.27. The number of pyridine rings is 1. The number of hydrogen-bond donors (Lipinski definition) is 1. The molecular weight excluding hydrogens is 238 g/mol. The number of nitrogens with zero attached hydrogens (tertiary/aromatic N) is 2. The molecule has 0 saturated heterocycles. The van der Waals surface area contributed by atoms with Gasteiger partial charge in [0.1, 0.15) is 23.2 Å². The van der Waals surface area contributed by atoms with Crippen LogP contribution in [0, 0.1) is 18.3 Å². The quantitative estimate of drug-likeness (QED) is 0.755. The number of H-pyrrole nitrogens is 1. The third-order valence-corrected chi connectivity index (χ3v) is 2.86. The van der Waals surface area contributed by atoms with Crippen LogP contribution < -0.4 is 4.74 Å². The van der Waals surface area contributed by atoms with Crippen LogP contribution in [0.25, 0.3) is 11.0 Å². The van der Waals surface area contributed by atoms with Gasteiger partial charge in [-0.3, -0.25) is 0 Å². The van der Waals surface area contributed by atoms with Gasteiger partial charge in [0.15, 0.2) is 0 Å². The van der Waals surface area contributed by atoms with E-state index in [1.54, 1.807) is 12.3 Å². The molecule has 0 unspecified atom stereocenters. The zero-order valence-electron chi connectivity index (χ0n) is 10.3. The highest BCUT2D eigenvalue weighted by atomic mass is 16.5. The van der Waals surface area contributed by atoms with Gasteiger partial charge in [0.25, 0.3) is 0 Å². The summed E-state index contributed by atoms with van der Waals surface area (Å²) in [5, 5.41) is 10.1. The molecule has 0 fully saturated rings. The largest absolute Gasteiger partial charge is 0.454 e. The van der Waals surface area contributed by atoms with Crippen molar-refractivity contribution in [3.8, 4) is 17.6 Å². The van der Waals surface area contributed by atoms with Crippen molar-refractivity contribution in [2.24, 2.45) is 0 Å².